The van der Waals surface area contributed by atoms with E-state index in [1.54, 1.807) is 31.4 Å². The Kier molecular flexibility index (Phi) is 6.18. The summed E-state index contributed by atoms with van der Waals surface area (Å²) in [7, 11) is 1.62. The summed E-state index contributed by atoms with van der Waals surface area (Å²) in [5, 5.41) is 14.2. The second-order valence-corrected chi connectivity index (χ2v) is 7.28. The fraction of sp³-hybridized carbons (Fsp3) is 0.240. The molecule has 0 aromatic heterocycles. The Morgan fingerprint density at radius 3 is 2.48 bits per heavy atom. The Balaban J connectivity index is 1.76. The topological polar surface area (TPSA) is 63.1 Å². The zero-order valence-corrected chi connectivity index (χ0v) is 17.5. The van der Waals surface area contributed by atoms with E-state index in [0.717, 1.165) is 17.0 Å². The summed E-state index contributed by atoms with van der Waals surface area (Å²) >= 11 is 0. The summed E-state index contributed by atoms with van der Waals surface area (Å²) in [4.78, 5) is 4.81. The number of aromatic hydroxyl groups is 1. The Hall–Kier alpha value is -3.38. The van der Waals surface area contributed by atoms with E-state index in [1.165, 1.54) is 6.07 Å². The highest BCUT2D eigenvalue weighted by molar-refractivity contribution is 6.01. The van der Waals surface area contributed by atoms with E-state index in [0.29, 0.717) is 29.9 Å². The minimum atomic E-state index is -0.591. The molecule has 0 unspecified atom stereocenters. The summed E-state index contributed by atoms with van der Waals surface area (Å²) in [5.41, 5.74) is 2.89. The van der Waals surface area contributed by atoms with Gasteiger partial charge in [0.05, 0.1) is 13.7 Å². The summed E-state index contributed by atoms with van der Waals surface area (Å²) in [6, 6.07) is 19.4. The molecule has 31 heavy (non-hydrogen) atoms. The van der Waals surface area contributed by atoms with Crippen molar-refractivity contribution in [3.63, 3.8) is 0 Å². The molecular weight excluding hydrogens is 395 g/mol. The third-order valence-corrected chi connectivity index (χ3v) is 5.37. The maximum Gasteiger partial charge on any atom is 0.162 e. The van der Waals surface area contributed by atoms with Gasteiger partial charge in [-0.15, -0.1) is 0 Å². The monoisotopic (exact) mass is 420 g/mol. The van der Waals surface area contributed by atoms with Crippen LogP contribution >= 0.6 is 0 Å². The van der Waals surface area contributed by atoms with Gasteiger partial charge in [0, 0.05) is 29.3 Å². The maximum absolute atomic E-state index is 14.6. The third-order valence-electron chi connectivity index (χ3n) is 5.37. The molecule has 0 saturated heterocycles. The van der Waals surface area contributed by atoms with Crippen molar-refractivity contribution in [2.24, 2.45) is 4.99 Å². The molecule has 1 heterocycles. The molecule has 2 N–H and O–H groups in total. The molecule has 1 aliphatic heterocycles. The summed E-state index contributed by atoms with van der Waals surface area (Å²) < 4.78 is 25.4. The first-order chi connectivity index (χ1) is 15.1. The van der Waals surface area contributed by atoms with Crippen LogP contribution in [0.5, 0.6) is 17.2 Å². The molecule has 0 saturated carbocycles. The second kappa shape index (κ2) is 9.18. The molecule has 0 fully saturated rings. The number of hydrogen-bond donors (Lipinski definition) is 2. The fourth-order valence-corrected chi connectivity index (χ4v) is 3.81. The molecule has 0 radical (unpaired) electrons. The normalized spacial score (nSPS) is 18.4. The van der Waals surface area contributed by atoms with Crippen molar-refractivity contribution < 1.29 is 19.0 Å². The number of methoxy groups -OCH3 is 1. The minimum absolute atomic E-state index is 0.0881. The van der Waals surface area contributed by atoms with Crippen LogP contribution in [0.15, 0.2) is 71.7 Å². The lowest BCUT2D eigenvalue weighted by molar-refractivity contribution is 0.313. The zero-order chi connectivity index (χ0) is 21.8. The molecular formula is C25H25FN2O3. The van der Waals surface area contributed by atoms with Gasteiger partial charge in [-0.2, -0.15) is 0 Å². The fourth-order valence-electron chi connectivity index (χ4n) is 3.81. The van der Waals surface area contributed by atoms with Crippen molar-refractivity contribution in [2.45, 2.75) is 25.6 Å². The molecule has 1 aliphatic rings. The van der Waals surface area contributed by atoms with Crippen LogP contribution < -0.4 is 14.8 Å². The van der Waals surface area contributed by atoms with Crippen molar-refractivity contribution in [3.8, 4) is 17.2 Å². The molecule has 0 aliphatic carbocycles. The Morgan fingerprint density at radius 1 is 1.03 bits per heavy atom. The average molecular weight is 420 g/mol. The van der Waals surface area contributed by atoms with Gasteiger partial charge in [0.1, 0.15) is 17.7 Å². The Morgan fingerprint density at radius 2 is 1.77 bits per heavy atom. The number of hydrogen-bond acceptors (Lipinski definition) is 5. The van der Waals surface area contributed by atoms with E-state index in [1.807, 2.05) is 43.3 Å². The molecule has 3 aromatic carbocycles. The molecule has 5 nitrogen and oxygen atoms in total. The summed E-state index contributed by atoms with van der Waals surface area (Å²) in [6.07, 6.45) is -0.0624. The SMILES string of the molecule is CCOc1cccc([C@@H]2CC(c3ccc(OC)cc3)=N[C@@H](c3ccccc3F)N2)c1O. The number of nitrogens with one attached hydrogen (secondary N) is 1. The van der Waals surface area contributed by atoms with Crippen LogP contribution in [0.3, 0.4) is 0 Å². The maximum atomic E-state index is 14.6. The van der Waals surface area contributed by atoms with Crippen molar-refractivity contribution in [2.75, 3.05) is 13.7 Å². The summed E-state index contributed by atoms with van der Waals surface area (Å²) in [5.74, 6) is 0.941. The van der Waals surface area contributed by atoms with Gasteiger partial charge in [-0.05, 0) is 48.9 Å². The van der Waals surface area contributed by atoms with E-state index in [2.05, 4.69) is 5.32 Å². The molecule has 0 amide bonds. The van der Waals surface area contributed by atoms with Gasteiger partial charge in [0.15, 0.2) is 11.5 Å². The molecule has 0 spiro atoms. The molecule has 160 valence electrons. The standard InChI is InChI=1S/C25H25FN2O3/c1-3-31-23-10-6-8-19(24(23)29)22-15-21(16-11-13-17(30-2)14-12-16)27-25(28-22)18-7-4-5-9-20(18)26/h4-14,22,25,28-29H,3,15H2,1-2H3/t22-,25+/m0/s1. The van der Waals surface area contributed by atoms with Crippen LogP contribution in [0.1, 0.15) is 42.2 Å². The highest BCUT2D eigenvalue weighted by Gasteiger charge is 2.29. The lowest BCUT2D eigenvalue weighted by Crippen LogP contribution is -2.33. The average Bonchev–Trinajstić information content (AvgIpc) is 2.80. The van der Waals surface area contributed by atoms with E-state index in [9.17, 15) is 9.50 Å². The van der Waals surface area contributed by atoms with Crippen LogP contribution in [0.25, 0.3) is 0 Å². The van der Waals surface area contributed by atoms with Gasteiger partial charge in [-0.3, -0.25) is 10.3 Å². The van der Waals surface area contributed by atoms with Crippen molar-refractivity contribution >= 4 is 5.71 Å². The lowest BCUT2D eigenvalue weighted by atomic mass is 9.93. The molecule has 3 aromatic rings. The van der Waals surface area contributed by atoms with Gasteiger partial charge >= 0.3 is 0 Å². The van der Waals surface area contributed by atoms with E-state index >= 15 is 0 Å². The zero-order valence-electron chi connectivity index (χ0n) is 17.5. The van der Waals surface area contributed by atoms with Crippen molar-refractivity contribution in [1.29, 1.82) is 0 Å². The van der Waals surface area contributed by atoms with Crippen LogP contribution in [0.4, 0.5) is 4.39 Å². The first-order valence-corrected chi connectivity index (χ1v) is 10.3. The number of halogens is 1. The first kappa shape index (κ1) is 20.9. The molecule has 2 atom stereocenters. The predicted molar refractivity (Wildman–Crippen MR) is 118 cm³/mol. The van der Waals surface area contributed by atoms with Crippen LogP contribution in [0, 0.1) is 5.82 Å². The predicted octanol–water partition coefficient (Wildman–Crippen LogP) is 5.16. The van der Waals surface area contributed by atoms with Gasteiger partial charge in [0.25, 0.3) is 0 Å². The number of rotatable bonds is 6. The second-order valence-electron chi connectivity index (χ2n) is 7.28. The van der Waals surface area contributed by atoms with Gasteiger partial charge in [0.2, 0.25) is 0 Å². The Labute approximate surface area is 181 Å². The number of aliphatic imine (C=N–C) groups is 1. The number of nitrogens with zero attached hydrogens (tertiary/aromatic N) is 1. The van der Waals surface area contributed by atoms with Crippen LogP contribution in [-0.4, -0.2) is 24.5 Å². The number of para-hydroxylation sites is 1. The number of ether oxygens (including phenoxy) is 2. The third kappa shape index (κ3) is 4.39. The quantitative estimate of drug-likeness (QED) is 0.578. The van der Waals surface area contributed by atoms with Crippen molar-refractivity contribution in [3.05, 3.63) is 89.2 Å². The minimum Gasteiger partial charge on any atom is -0.504 e. The Bertz CT molecular complexity index is 1080. The van der Waals surface area contributed by atoms with Gasteiger partial charge in [-0.25, -0.2) is 4.39 Å². The number of phenols is 1. The largest absolute Gasteiger partial charge is 0.504 e. The molecule has 0 bridgehead atoms. The van der Waals surface area contributed by atoms with Gasteiger partial charge < -0.3 is 14.6 Å². The van der Waals surface area contributed by atoms with E-state index in [-0.39, 0.29) is 17.6 Å². The van der Waals surface area contributed by atoms with Crippen LogP contribution in [0.2, 0.25) is 0 Å². The van der Waals surface area contributed by atoms with Gasteiger partial charge in [-0.1, -0.05) is 30.3 Å². The highest BCUT2D eigenvalue weighted by atomic mass is 19.1. The first-order valence-electron chi connectivity index (χ1n) is 10.3. The van der Waals surface area contributed by atoms with Crippen molar-refractivity contribution in [1.82, 2.24) is 5.32 Å². The smallest absolute Gasteiger partial charge is 0.162 e. The number of benzene rings is 3. The molecule has 6 heteroatoms. The lowest BCUT2D eigenvalue weighted by Gasteiger charge is -2.31. The summed E-state index contributed by atoms with van der Waals surface area (Å²) in [6.45, 7) is 2.32. The van der Waals surface area contributed by atoms with E-state index < -0.39 is 6.17 Å². The van der Waals surface area contributed by atoms with Crippen LogP contribution in [-0.2, 0) is 0 Å². The number of phenolic OH excluding ortho intramolecular Hbond substituents is 1. The highest BCUT2D eigenvalue weighted by Crippen LogP contribution is 2.39. The molecule has 4 rings (SSSR count). The van der Waals surface area contributed by atoms with E-state index in [4.69, 9.17) is 14.5 Å².